The van der Waals surface area contributed by atoms with Gasteiger partial charge in [0.1, 0.15) is 0 Å². The van der Waals surface area contributed by atoms with E-state index < -0.39 is 4.92 Å². The molecule has 36 heavy (non-hydrogen) atoms. The molecular weight excluding hydrogens is 458 g/mol. The minimum Gasteiger partial charge on any atom is -0.349 e. The van der Waals surface area contributed by atoms with Crippen molar-refractivity contribution in [3.8, 4) is 16.9 Å². The van der Waals surface area contributed by atoms with Gasteiger partial charge in [-0.15, -0.1) is 0 Å². The summed E-state index contributed by atoms with van der Waals surface area (Å²) in [5.41, 5.74) is 3.69. The quantitative estimate of drug-likeness (QED) is 0.283. The minimum absolute atomic E-state index is 0.0221. The summed E-state index contributed by atoms with van der Waals surface area (Å²) >= 11 is 0. The van der Waals surface area contributed by atoms with Gasteiger partial charge in [-0.1, -0.05) is 24.3 Å². The fraction of sp³-hybridized carbons (Fsp3) is 0.148. The van der Waals surface area contributed by atoms with Crippen LogP contribution in [-0.2, 0) is 11.2 Å². The first kappa shape index (κ1) is 23.0. The number of aromatic nitrogens is 2. The average molecular weight is 482 g/mol. The second-order valence-electron chi connectivity index (χ2n) is 8.64. The summed E-state index contributed by atoms with van der Waals surface area (Å²) in [6, 6.07) is 22.6. The van der Waals surface area contributed by atoms with E-state index in [0.29, 0.717) is 28.1 Å². The Balaban J connectivity index is 1.39. The van der Waals surface area contributed by atoms with Crippen molar-refractivity contribution in [3.63, 3.8) is 0 Å². The standard InChI is InChI=1S/C27H23N5O4/c33-25(28-22-6-4-5-19(15-22)27(34)29-21-11-12-21)16-20-17-31(23-7-2-1-3-8-23)30-26(20)18-9-13-24(14-10-18)32(35)36/h1-10,13-15,17,21H,11-12,16H2,(H,28,33)(H,29,34). The summed E-state index contributed by atoms with van der Waals surface area (Å²) in [6.45, 7) is 0. The van der Waals surface area contributed by atoms with Crippen LogP contribution in [-0.4, -0.2) is 32.6 Å². The Hall–Kier alpha value is -4.79. The van der Waals surface area contributed by atoms with Gasteiger partial charge >= 0.3 is 0 Å². The highest BCUT2D eigenvalue weighted by Crippen LogP contribution is 2.27. The number of hydrogen-bond acceptors (Lipinski definition) is 5. The van der Waals surface area contributed by atoms with Crippen LogP contribution in [0.15, 0.2) is 85.1 Å². The predicted octanol–water partition coefficient (Wildman–Crippen LogP) is 4.52. The third kappa shape index (κ3) is 5.30. The van der Waals surface area contributed by atoms with Crippen LogP contribution in [0, 0.1) is 10.1 Å². The summed E-state index contributed by atoms with van der Waals surface area (Å²) in [4.78, 5) is 35.9. The van der Waals surface area contributed by atoms with Crippen molar-refractivity contribution in [2.45, 2.75) is 25.3 Å². The van der Waals surface area contributed by atoms with Gasteiger partial charge < -0.3 is 10.6 Å². The van der Waals surface area contributed by atoms with Gasteiger partial charge in [-0.05, 0) is 55.3 Å². The van der Waals surface area contributed by atoms with Gasteiger partial charge in [0.25, 0.3) is 11.6 Å². The van der Waals surface area contributed by atoms with Crippen molar-refractivity contribution in [2.75, 3.05) is 5.32 Å². The van der Waals surface area contributed by atoms with E-state index in [0.717, 1.165) is 18.5 Å². The van der Waals surface area contributed by atoms with E-state index in [-0.39, 0.29) is 30.0 Å². The number of benzene rings is 3. The molecule has 9 nitrogen and oxygen atoms in total. The van der Waals surface area contributed by atoms with Gasteiger partial charge in [-0.2, -0.15) is 5.10 Å². The van der Waals surface area contributed by atoms with E-state index in [1.165, 1.54) is 12.1 Å². The van der Waals surface area contributed by atoms with E-state index in [4.69, 9.17) is 0 Å². The first-order chi connectivity index (χ1) is 17.5. The van der Waals surface area contributed by atoms with Gasteiger partial charge in [-0.3, -0.25) is 19.7 Å². The van der Waals surface area contributed by atoms with Crippen molar-refractivity contribution >= 4 is 23.2 Å². The minimum atomic E-state index is -0.459. The molecule has 9 heteroatoms. The molecule has 1 aliphatic rings. The maximum absolute atomic E-state index is 13.0. The lowest BCUT2D eigenvalue weighted by atomic mass is 10.1. The molecule has 0 radical (unpaired) electrons. The van der Waals surface area contributed by atoms with Crippen molar-refractivity contribution < 1.29 is 14.5 Å². The Labute approximate surface area is 206 Å². The topological polar surface area (TPSA) is 119 Å². The molecule has 1 saturated carbocycles. The largest absolute Gasteiger partial charge is 0.349 e. The lowest BCUT2D eigenvalue weighted by Crippen LogP contribution is -2.25. The van der Waals surface area contributed by atoms with Crippen LogP contribution < -0.4 is 10.6 Å². The van der Waals surface area contributed by atoms with Crippen LogP contribution >= 0.6 is 0 Å². The number of rotatable bonds is 8. The zero-order valence-electron chi connectivity index (χ0n) is 19.3. The molecule has 2 amide bonds. The molecule has 1 aliphatic carbocycles. The van der Waals surface area contributed by atoms with Crippen LogP contribution in [0.4, 0.5) is 11.4 Å². The smallest absolute Gasteiger partial charge is 0.269 e. The molecule has 0 unspecified atom stereocenters. The summed E-state index contributed by atoms with van der Waals surface area (Å²) in [6.07, 6.45) is 3.80. The van der Waals surface area contributed by atoms with Crippen molar-refractivity contribution in [1.82, 2.24) is 15.1 Å². The number of carbonyl (C=O) groups is 2. The molecule has 0 saturated heterocycles. The Bertz CT molecular complexity index is 1430. The number of hydrogen-bond donors (Lipinski definition) is 2. The maximum Gasteiger partial charge on any atom is 0.269 e. The highest BCUT2D eigenvalue weighted by Gasteiger charge is 2.24. The number of para-hydroxylation sites is 1. The molecule has 0 aliphatic heterocycles. The fourth-order valence-corrected chi connectivity index (χ4v) is 3.85. The van der Waals surface area contributed by atoms with E-state index in [9.17, 15) is 19.7 Å². The zero-order chi connectivity index (χ0) is 25.1. The molecule has 0 bridgehead atoms. The van der Waals surface area contributed by atoms with Crippen molar-refractivity contribution in [3.05, 3.63) is 106 Å². The number of amides is 2. The highest BCUT2D eigenvalue weighted by molar-refractivity contribution is 5.98. The number of nitrogens with zero attached hydrogens (tertiary/aromatic N) is 3. The Morgan fingerprint density at radius 3 is 2.44 bits per heavy atom. The molecule has 2 N–H and O–H groups in total. The molecule has 1 fully saturated rings. The van der Waals surface area contributed by atoms with Gasteiger partial charge in [0.2, 0.25) is 5.91 Å². The number of anilines is 1. The molecule has 5 rings (SSSR count). The van der Waals surface area contributed by atoms with Crippen molar-refractivity contribution in [2.24, 2.45) is 0 Å². The first-order valence-electron chi connectivity index (χ1n) is 11.6. The zero-order valence-corrected chi connectivity index (χ0v) is 19.3. The normalized spacial score (nSPS) is 12.7. The summed E-state index contributed by atoms with van der Waals surface area (Å²) in [5.74, 6) is -0.427. The van der Waals surface area contributed by atoms with E-state index in [2.05, 4.69) is 15.7 Å². The van der Waals surface area contributed by atoms with E-state index >= 15 is 0 Å². The van der Waals surface area contributed by atoms with Crippen LogP contribution in [0.3, 0.4) is 0 Å². The van der Waals surface area contributed by atoms with Gasteiger partial charge in [0.05, 0.1) is 22.7 Å². The molecular formula is C27H23N5O4. The summed E-state index contributed by atoms with van der Waals surface area (Å²) < 4.78 is 1.68. The lowest BCUT2D eigenvalue weighted by molar-refractivity contribution is -0.384. The molecule has 180 valence electrons. The highest BCUT2D eigenvalue weighted by atomic mass is 16.6. The molecule has 1 aromatic heterocycles. The molecule has 1 heterocycles. The summed E-state index contributed by atoms with van der Waals surface area (Å²) in [5, 5.41) is 21.5. The molecule has 0 spiro atoms. The number of nitrogens with one attached hydrogen (secondary N) is 2. The van der Waals surface area contributed by atoms with E-state index in [1.807, 2.05) is 30.3 Å². The fourth-order valence-electron chi connectivity index (χ4n) is 3.85. The molecule has 3 aromatic carbocycles. The summed E-state index contributed by atoms with van der Waals surface area (Å²) in [7, 11) is 0. The van der Waals surface area contributed by atoms with Crippen LogP contribution in [0.5, 0.6) is 0 Å². The Morgan fingerprint density at radius 2 is 1.75 bits per heavy atom. The van der Waals surface area contributed by atoms with Crippen LogP contribution in [0.25, 0.3) is 16.9 Å². The average Bonchev–Trinajstić information content (AvgIpc) is 3.61. The van der Waals surface area contributed by atoms with Crippen molar-refractivity contribution in [1.29, 1.82) is 0 Å². The first-order valence-corrected chi connectivity index (χ1v) is 11.6. The van der Waals surface area contributed by atoms with Crippen LogP contribution in [0.1, 0.15) is 28.8 Å². The second kappa shape index (κ2) is 9.83. The lowest BCUT2D eigenvalue weighted by Gasteiger charge is -2.08. The Kier molecular flexibility index (Phi) is 6.27. The molecule has 4 aromatic rings. The number of carbonyl (C=O) groups excluding carboxylic acids is 2. The monoisotopic (exact) mass is 481 g/mol. The number of nitro benzene ring substituents is 1. The Morgan fingerprint density at radius 1 is 1.00 bits per heavy atom. The SMILES string of the molecule is O=C(Cc1cn(-c2ccccc2)nc1-c1ccc([N+](=O)[O-])cc1)Nc1cccc(C(=O)NC2CC2)c1. The van der Waals surface area contributed by atoms with E-state index in [1.54, 1.807) is 47.3 Å². The molecule has 0 atom stereocenters. The van der Waals surface area contributed by atoms with Gasteiger partial charge in [0, 0.05) is 46.7 Å². The van der Waals surface area contributed by atoms with Gasteiger partial charge in [-0.25, -0.2) is 4.68 Å². The van der Waals surface area contributed by atoms with Gasteiger partial charge in [0.15, 0.2) is 0 Å². The third-order valence-corrected chi connectivity index (χ3v) is 5.83. The third-order valence-electron chi connectivity index (χ3n) is 5.83. The number of nitro groups is 1. The number of non-ortho nitro benzene ring substituents is 1. The maximum atomic E-state index is 13.0. The predicted molar refractivity (Wildman–Crippen MR) is 135 cm³/mol. The van der Waals surface area contributed by atoms with Crippen LogP contribution in [0.2, 0.25) is 0 Å². The second-order valence-corrected chi connectivity index (χ2v) is 8.64.